The van der Waals surface area contributed by atoms with Crippen LogP contribution in [0.4, 0.5) is 17.3 Å². The van der Waals surface area contributed by atoms with E-state index in [-0.39, 0.29) is 23.6 Å². The average Bonchev–Trinajstić information content (AvgIpc) is 3.07. The lowest BCUT2D eigenvalue weighted by atomic mass is 9.87. The quantitative estimate of drug-likeness (QED) is 0.149. The molecule has 3 aromatic carbocycles. The summed E-state index contributed by atoms with van der Waals surface area (Å²) in [5, 5.41) is 12.1. The number of benzene rings is 3. The van der Waals surface area contributed by atoms with E-state index in [1.165, 1.54) is 0 Å². The third-order valence-electron chi connectivity index (χ3n) is 7.89. The lowest BCUT2D eigenvalue weighted by Gasteiger charge is -2.23. The molecule has 0 aliphatic carbocycles. The van der Waals surface area contributed by atoms with Crippen molar-refractivity contribution < 1.29 is 14.4 Å². The fraction of sp³-hybridized carbons (Fsp3) is 0.167. The van der Waals surface area contributed by atoms with Crippen LogP contribution in [0.2, 0.25) is 0 Å². The Morgan fingerprint density at radius 3 is 2.59 bits per heavy atom. The Balaban J connectivity index is 1.05. The lowest BCUT2D eigenvalue weighted by molar-refractivity contribution is -0.134. The summed E-state index contributed by atoms with van der Waals surface area (Å²) in [5.74, 6) is -0.565. The molecule has 2 aromatic heterocycles. The lowest BCUT2D eigenvalue weighted by Crippen LogP contribution is -2.39. The minimum atomic E-state index is -0.328. The zero-order valence-corrected chi connectivity index (χ0v) is 25.3. The summed E-state index contributed by atoms with van der Waals surface area (Å²) in [6.07, 6.45) is 6.02. The molecule has 1 aliphatic heterocycles. The van der Waals surface area contributed by atoms with Crippen LogP contribution >= 0.6 is 0 Å². The normalized spacial score (nSPS) is 14.4. The molecular weight excluding hydrogens is 578 g/mol. The van der Waals surface area contributed by atoms with Gasteiger partial charge in [0.15, 0.2) is 0 Å². The second-order valence-corrected chi connectivity index (χ2v) is 11.1. The number of aryl methyl sites for hydroxylation is 1. The molecule has 46 heavy (non-hydrogen) atoms. The van der Waals surface area contributed by atoms with Crippen molar-refractivity contribution in [2.24, 2.45) is 0 Å². The van der Waals surface area contributed by atoms with Crippen molar-refractivity contribution in [3.8, 4) is 11.3 Å². The van der Waals surface area contributed by atoms with Crippen molar-refractivity contribution >= 4 is 35.0 Å². The Labute approximate surface area is 266 Å². The van der Waals surface area contributed by atoms with E-state index in [0.717, 1.165) is 39.2 Å². The van der Waals surface area contributed by atoms with Crippen molar-refractivity contribution in [2.75, 3.05) is 10.6 Å². The van der Waals surface area contributed by atoms with Crippen molar-refractivity contribution in [1.82, 2.24) is 25.6 Å². The van der Waals surface area contributed by atoms with Gasteiger partial charge < -0.3 is 16.0 Å². The molecule has 1 atom stereocenters. The van der Waals surface area contributed by atoms with Crippen molar-refractivity contribution in [1.29, 1.82) is 0 Å². The monoisotopic (exact) mass is 611 g/mol. The predicted octanol–water partition coefficient (Wildman–Crippen LogP) is 5.65. The first-order chi connectivity index (χ1) is 22.4. The van der Waals surface area contributed by atoms with Crippen molar-refractivity contribution in [2.45, 2.75) is 38.8 Å². The third kappa shape index (κ3) is 7.31. The number of nitrogens with zero attached hydrogens (tertiary/aromatic N) is 3. The predicted molar refractivity (Wildman–Crippen MR) is 176 cm³/mol. The first-order valence-electron chi connectivity index (χ1n) is 15.1. The summed E-state index contributed by atoms with van der Waals surface area (Å²) < 4.78 is 0. The molecule has 230 valence electrons. The van der Waals surface area contributed by atoms with Gasteiger partial charge in [-0.05, 0) is 78.1 Å². The number of amides is 3. The summed E-state index contributed by atoms with van der Waals surface area (Å²) in [4.78, 5) is 50.2. The first kappa shape index (κ1) is 30.3. The smallest absolute Gasteiger partial charge is 0.255 e. The second kappa shape index (κ2) is 13.9. The van der Waals surface area contributed by atoms with Crippen LogP contribution in [0.15, 0.2) is 104 Å². The summed E-state index contributed by atoms with van der Waals surface area (Å²) in [7, 11) is 0. The van der Waals surface area contributed by atoms with Gasteiger partial charge in [-0.1, -0.05) is 42.5 Å². The number of anilines is 3. The Bertz CT molecular complexity index is 1880. The minimum absolute atomic E-state index is 0.219. The van der Waals surface area contributed by atoms with E-state index < -0.39 is 0 Å². The highest BCUT2D eigenvalue weighted by molar-refractivity contribution is 6.04. The van der Waals surface area contributed by atoms with E-state index >= 15 is 0 Å². The molecule has 0 spiro atoms. The standard InChI is InChI=1S/C36H33N7O3/c1-23-8-13-28(19-32(23)42-36-39-18-16-31(41-36)27-6-4-17-37-22-27)40-34(45)25-11-9-24(10-12-25)20-38-21-26-5-2-3-7-29(26)30-14-15-33(44)43-35(30)46/h2-13,16-19,22,30,38H,14-15,20-21H2,1H3,(H,40,45)(H,39,41,42)(H,43,44,46). The molecule has 5 aromatic rings. The fourth-order valence-corrected chi connectivity index (χ4v) is 5.39. The van der Waals surface area contributed by atoms with Gasteiger partial charge in [-0.25, -0.2) is 9.97 Å². The molecular formula is C36H33N7O3. The summed E-state index contributed by atoms with van der Waals surface area (Å²) in [5.41, 5.74) is 7.56. The molecule has 10 heteroatoms. The first-order valence-corrected chi connectivity index (χ1v) is 15.1. The zero-order valence-electron chi connectivity index (χ0n) is 25.3. The molecule has 4 N–H and O–H groups in total. The number of hydrogen-bond acceptors (Lipinski definition) is 8. The van der Waals surface area contributed by atoms with E-state index in [1.807, 2.05) is 79.7 Å². The second-order valence-electron chi connectivity index (χ2n) is 11.1. The number of nitrogens with one attached hydrogen (secondary N) is 4. The number of piperidine rings is 1. The number of aromatic nitrogens is 3. The number of hydrogen-bond donors (Lipinski definition) is 4. The van der Waals surface area contributed by atoms with Crippen LogP contribution < -0.4 is 21.3 Å². The largest absolute Gasteiger partial charge is 0.324 e. The highest BCUT2D eigenvalue weighted by atomic mass is 16.2. The van der Waals surface area contributed by atoms with E-state index in [4.69, 9.17) is 0 Å². The molecule has 0 radical (unpaired) electrons. The fourth-order valence-electron chi connectivity index (χ4n) is 5.39. The molecule has 0 saturated carbocycles. The van der Waals surface area contributed by atoms with Gasteiger partial charge >= 0.3 is 0 Å². The number of carbonyl (C=O) groups excluding carboxylic acids is 3. The maximum absolute atomic E-state index is 13.1. The Hall–Kier alpha value is -5.74. The van der Waals surface area contributed by atoms with Crippen LogP contribution in [0.25, 0.3) is 11.3 Å². The molecule has 1 aliphatic rings. The number of carbonyl (C=O) groups is 3. The van der Waals surface area contributed by atoms with Crippen molar-refractivity contribution in [3.63, 3.8) is 0 Å². The maximum Gasteiger partial charge on any atom is 0.255 e. The SMILES string of the molecule is Cc1ccc(NC(=O)c2ccc(CNCc3ccccc3C3CCC(=O)NC3=O)cc2)cc1Nc1nccc(-c2cccnc2)n1. The van der Waals surface area contributed by atoms with Gasteiger partial charge in [0.1, 0.15) is 0 Å². The summed E-state index contributed by atoms with van der Waals surface area (Å²) >= 11 is 0. The van der Waals surface area contributed by atoms with Gasteiger partial charge in [0, 0.05) is 60.6 Å². The van der Waals surface area contributed by atoms with Gasteiger partial charge in [-0.3, -0.25) is 24.7 Å². The van der Waals surface area contributed by atoms with Gasteiger partial charge in [0.25, 0.3) is 5.91 Å². The highest BCUT2D eigenvalue weighted by Crippen LogP contribution is 2.28. The minimum Gasteiger partial charge on any atom is -0.324 e. The highest BCUT2D eigenvalue weighted by Gasteiger charge is 2.29. The molecule has 3 heterocycles. The number of imide groups is 1. The zero-order chi connectivity index (χ0) is 31.9. The summed E-state index contributed by atoms with van der Waals surface area (Å²) in [6.45, 7) is 3.13. The van der Waals surface area contributed by atoms with E-state index in [2.05, 4.69) is 36.2 Å². The molecule has 0 bridgehead atoms. The Morgan fingerprint density at radius 2 is 1.78 bits per heavy atom. The maximum atomic E-state index is 13.1. The summed E-state index contributed by atoms with van der Waals surface area (Å²) in [6, 6.07) is 26.5. The van der Waals surface area contributed by atoms with Gasteiger partial charge in [-0.2, -0.15) is 0 Å². The van der Waals surface area contributed by atoms with E-state index in [0.29, 0.717) is 43.1 Å². The molecule has 1 fully saturated rings. The van der Waals surface area contributed by atoms with Crippen LogP contribution in [0.5, 0.6) is 0 Å². The topological polar surface area (TPSA) is 138 Å². The van der Waals surface area contributed by atoms with Gasteiger partial charge in [0.2, 0.25) is 17.8 Å². The number of pyridine rings is 1. The number of rotatable bonds is 10. The Kier molecular flexibility index (Phi) is 9.17. The van der Waals surface area contributed by atoms with Gasteiger partial charge in [0.05, 0.1) is 11.6 Å². The van der Waals surface area contributed by atoms with E-state index in [1.54, 1.807) is 30.7 Å². The molecule has 1 unspecified atom stereocenters. The molecule has 3 amide bonds. The average molecular weight is 612 g/mol. The molecule has 10 nitrogen and oxygen atoms in total. The van der Waals surface area contributed by atoms with Gasteiger partial charge in [-0.15, -0.1) is 0 Å². The molecule has 6 rings (SSSR count). The van der Waals surface area contributed by atoms with Crippen LogP contribution in [0, 0.1) is 6.92 Å². The van der Waals surface area contributed by atoms with Crippen LogP contribution in [-0.4, -0.2) is 32.7 Å². The van der Waals surface area contributed by atoms with Crippen molar-refractivity contribution in [3.05, 3.63) is 131 Å². The van der Waals surface area contributed by atoms with Crippen LogP contribution in [-0.2, 0) is 22.7 Å². The Morgan fingerprint density at radius 1 is 0.935 bits per heavy atom. The van der Waals surface area contributed by atoms with Crippen LogP contribution in [0.1, 0.15) is 51.4 Å². The van der Waals surface area contributed by atoms with Crippen LogP contribution in [0.3, 0.4) is 0 Å². The third-order valence-corrected chi connectivity index (χ3v) is 7.89. The van der Waals surface area contributed by atoms with E-state index in [9.17, 15) is 14.4 Å². The molecule has 1 saturated heterocycles.